The molecule has 0 amide bonds. The first-order valence-electron chi connectivity index (χ1n) is 7.57. The van der Waals surface area contributed by atoms with E-state index in [2.05, 4.69) is 11.9 Å². The number of aromatic nitrogens is 1. The van der Waals surface area contributed by atoms with Gasteiger partial charge in [-0.1, -0.05) is 32.6 Å². The summed E-state index contributed by atoms with van der Waals surface area (Å²) in [6.07, 6.45) is 11.4. The molecule has 0 bridgehead atoms. The lowest BCUT2D eigenvalue weighted by molar-refractivity contribution is 0.0981. The Hall–Kier alpha value is -1.09. The number of aliphatic hydroxyl groups excluding tert-OH is 1. The molecular formula is C16H25NO2. The van der Waals surface area contributed by atoms with Gasteiger partial charge in [0.05, 0.1) is 18.9 Å². The first-order chi connectivity index (χ1) is 9.31. The van der Waals surface area contributed by atoms with Gasteiger partial charge in [0, 0.05) is 11.8 Å². The van der Waals surface area contributed by atoms with E-state index in [0.29, 0.717) is 12.5 Å². The van der Waals surface area contributed by atoms with Gasteiger partial charge in [-0.2, -0.15) is 0 Å². The predicted octanol–water partition coefficient (Wildman–Crippen LogP) is 3.87. The predicted molar refractivity (Wildman–Crippen MR) is 76.2 cm³/mol. The molecule has 1 fully saturated rings. The van der Waals surface area contributed by atoms with Gasteiger partial charge < -0.3 is 9.84 Å². The maximum atomic E-state index is 10.5. The Morgan fingerprint density at radius 1 is 1.26 bits per heavy atom. The summed E-state index contributed by atoms with van der Waals surface area (Å²) in [5.74, 6) is 1.15. The van der Waals surface area contributed by atoms with Crippen LogP contribution < -0.4 is 4.74 Å². The summed E-state index contributed by atoms with van der Waals surface area (Å²) in [7, 11) is 0. The molecule has 19 heavy (non-hydrogen) atoms. The Bertz CT molecular complexity index is 373. The Morgan fingerprint density at radius 2 is 2.00 bits per heavy atom. The minimum absolute atomic E-state index is 0.380. The standard InChI is InChI=1S/C16H25NO2/c1-2-9-19-15-10-14(11-17-12-15)16(18)13-7-5-3-4-6-8-13/h10-13,16,18H,2-9H2,1H3. The molecule has 1 saturated carbocycles. The second-order valence-electron chi connectivity index (χ2n) is 5.50. The zero-order valence-electron chi connectivity index (χ0n) is 11.8. The summed E-state index contributed by atoms with van der Waals surface area (Å²) in [5, 5.41) is 10.5. The molecule has 1 N–H and O–H groups in total. The number of hydrogen-bond acceptors (Lipinski definition) is 3. The topological polar surface area (TPSA) is 42.4 Å². The maximum Gasteiger partial charge on any atom is 0.137 e. The fourth-order valence-corrected chi connectivity index (χ4v) is 2.80. The minimum Gasteiger partial charge on any atom is -0.492 e. The monoisotopic (exact) mass is 263 g/mol. The number of nitrogens with zero attached hydrogens (tertiary/aromatic N) is 1. The van der Waals surface area contributed by atoms with Crippen LogP contribution >= 0.6 is 0 Å². The van der Waals surface area contributed by atoms with Crippen LogP contribution in [-0.4, -0.2) is 16.7 Å². The van der Waals surface area contributed by atoms with Gasteiger partial charge in [0.1, 0.15) is 5.75 Å². The average Bonchev–Trinajstić information content (AvgIpc) is 2.73. The molecule has 1 atom stereocenters. The van der Waals surface area contributed by atoms with Crippen LogP contribution in [0, 0.1) is 5.92 Å². The molecule has 2 rings (SSSR count). The second kappa shape index (κ2) is 7.49. The van der Waals surface area contributed by atoms with Crippen molar-refractivity contribution in [3.05, 3.63) is 24.0 Å². The molecule has 1 aliphatic carbocycles. The molecule has 3 nitrogen and oxygen atoms in total. The van der Waals surface area contributed by atoms with Crippen molar-refractivity contribution in [2.24, 2.45) is 5.92 Å². The molecule has 1 unspecified atom stereocenters. The third kappa shape index (κ3) is 4.20. The normalized spacial score (nSPS) is 18.8. The number of pyridine rings is 1. The molecule has 0 spiro atoms. The van der Waals surface area contributed by atoms with Gasteiger partial charge in [-0.3, -0.25) is 4.98 Å². The van der Waals surface area contributed by atoms with Crippen LogP contribution in [0.1, 0.15) is 63.5 Å². The Kier molecular flexibility index (Phi) is 5.64. The largest absolute Gasteiger partial charge is 0.492 e. The van der Waals surface area contributed by atoms with Crippen LogP contribution in [0.2, 0.25) is 0 Å². The van der Waals surface area contributed by atoms with Crippen LogP contribution in [0.15, 0.2) is 18.5 Å². The molecule has 3 heteroatoms. The van der Waals surface area contributed by atoms with E-state index in [9.17, 15) is 5.11 Å². The molecule has 0 aliphatic heterocycles. The van der Waals surface area contributed by atoms with Crippen molar-refractivity contribution in [1.82, 2.24) is 4.98 Å². The molecule has 1 heterocycles. The second-order valence-corrected chi connectivity index (χ2v) is 5.50. The average molecular weight is 263 g/mol. The van der Waals surface area contributed by atoms with Gasteiger partial charge in [0.25, 0.3) is 0 Å². The van der Waals surface area contributed by atoms with E-state index >= 15 is 0 Å². The molecule has 1 aliphatic rings. The third-order valence-corrected chi connectivity index (χ3v) is 3.90. The van der Waals surface area contributed by atoms with Crippen molar-refractivity contribution in [2.45, 2.75) is 58.0 Å². The van der Waals surface area contributed by atoms with Gasteiger partial charge >= 0.3 is 0 Å². The molecule has 1 aromatic heterocycles. The third-order valence-electron chi connectivity index (χ3n) is 3.90. The molecule has 1 aromatic rings. The number of hydrogen-bond donors (Lipinski definition) is 1. The van der Waals surface area contributed by atoms with E-state index in [-0.39, 0.29) is 0 Å². The van der Waals surface area contributed by atoms with Crippen LogP contribution in [-0.2, 0) is 0 Å². The van der Waals surface area contributed by atoms with Crippen LogP contribution in [0.25, 0.3) is 0 Å². The van der Waals surface area contributed by atoms with Gasteiger partial charge in [-0.25, -0.2) is 0 Å². The van der Waals surface area contributed by atoms with E-state index in [1.807, 2.05) is 6.07 Å². The van der Waals surface area contributed by atoms with E-state index in [1.54, 1.807) is 12.4 Å². The van der Waals surface area contributed by atoms with Crippen LogP contribution in [0.4, 0.5) is 0 Å². The molecule has 0 saturated heterocycles. The summed E-state index contributed by atoms with van der Waals surface area (Å²) < 4.78 is 5.58. The van der Waals surface area contributed by atoms with Gasteiger partial charge in [0.15, 0.2) is 0 Å². The van der Waals surface area contributed by atoms with E-state index < -0.39 is 6.10 Å². The first-order valence-corrected chi connectivity index (χ1v) is 7.57. The zero-order valence-corrected chi connectivity index (χ0v) is 11.8. The zero-order chi connectivity index (χ0) is 13.5. The van der Waals surface area contributed by atoms with Crippen molar-refractivity contribution in [3.8, 4) is 5.75 Å². The minimum atomic E-state index is -0.393. The van der Waals surface area contributed by atoms with E-state index in [4.69, 9.17) is 4.74 Å². The van der Waals surface area contributed by atoms with Crippen molar-refractivity contribution < 1.29 is 9.84 Å². The van der Waals surface area contributed by atoms with Crippen LogP contribution in [0.5, 0.6) is 5.75 Å². The van der Waals surface area contributed by atoms with E-state index in [1.165, 1.54) is 25.7 Å². The van der Waals surface area contributed by atoms with Crippen LogP contribution in [0.3, 0.4) is 0 Å². The van der Waals surface area contributed by atoms with Crippen molar-refractivity contribution in [3.63, 3.8) is 0 Å². The summed E-state index contributed by atoms with van der Waals surface area (Å²) in [5.41, 5.74) is 0.903. The molecule has 0 radical (unpaired) electrons. The first kappa shape index (κ1) is 14.3. The lowest BCUT2D eigenvalue weighted by Crippen LogP contribution is -2.12. The van der Waals surface area contributed by atoms with Gasteiger partial charge in [-0.05, 0) is 31.2 Å². The Balaban J connectivity index is 2.02. The van der Waals surface area contributed by atoms with Crippen molar-refractivity contribution >= 4 is 0 Å². The summed E-state index contributed by atoms with van der Waals surface area (Å²) in [4.78, 5) is 4.19. The highest BCUT2D eigenvalue weighted by Gasteiger charge is 2.22. The summed E-state index contributed by atoms with van der Waals surface area (Å²) >= 11 is 0. The fourth-order valence-electron chi connectivity index (χ4n) is 2.80. The number of aliphatic hydroxyl groups is 1. The molecule has 106 valence electrons. The summed E-state index contributed by atoms with van der Waals surface area (Å²) in [6, 6.07) is 1.94. The Labute approximate surface area is 116 Å². The Morgan fingerprint density at radius 3 is 2.68 bits per heavy atom. The number of ether oxygens (including phenoxy) is 1. The number of rotatable bonds is 5. The smallest absolute Gasteiger partial charge is 0.137 e. The quantitative estimate of drug-likeness (QED) is 0.820. The van der Waals surface area contributed by atoms with Gasteiger partial charge in [0.2, 0.25) is 0 Å². The van der Waals surface area contributed by atoms with Crippen molar-refractivity contribution in [2.75, 3.05) is 6.61 Å². The summed E-state index contributed by atoms with van der Waals surface area (Å²) in [6.45, 7) is 2.78. The lowest BCUT2D eigenvalue weighted by atomic mass is 9.90. The molecular weight excluding hydrogens is 238 g/mol. The fraction of sp³-hybridized carbons (Fsp3) is 0.688. The highest BCUT2D eigenvalue weighted by Crippen LogP contribution is 2.34. The SMILES string of the molecule is CCCOc1cncc(C(O)C2CCCCCC2)c1. The maximum absolute atomic E-state index is 10.5. The van der Waals surface area contributed by atoms with Gasteiger partial charge in [-0.15, -0.1) is 0 Å². The van der Waals surface area contributed by atoms with Crippen molar-refractivity contribution in [1.29, 1.82) is 0 Å². The highest BCUT2D eigenvalue weighted by atomic mass is 16.5. The highest BCUT2D eigenvalue weighted by molar-refractivity contribution is 5.25. The lowest BCUT2D eigenvalue weighted by Gasteiger charge is -2.21. The van der Waals surface area contributed by atoms with E-state index in [0.717, 1.165) is 30.6 Å². The molecule has 0 aromatic carbocycles.